The first-order chi connectivity index (χ1) is 10.5. The monoisotopic (exact) mass is 326 g/mol. The molecular formula is C17H30N2O4. The molecule has 1 heterocycles. The second kappa shape index (κ2) is 6.21. The Balaban J connectivity index is 2.13. The van der Waals surface area contributed by atoms with Crippen molar-refractivity contribution in [1.29, 1.82) is 0 Å². The van der Waals surface area contributed by atoms with Crippen molar-refractivity contribution in [3.8, 4) is 0 Å². The van der Waals surface area contributed by atoms with Crippen molar-refractivity contribution in [3.63, 3.8) is 0 Å². The SMILES string of the molecule is CC(C)(C)OC(=O)N1CN(C(=O)OC(C)(C)C)[C@@H]2CCCC[C@H]21. The van der Waals surface area contributed by atoms with Gasteiger partial charge in [0, 0.05) is 0 Å². The number of nitrogens with zero attached hydrogens (tertiary/aromatic N) is 2. The summed E-state index contributed by atoms with van der Waals surface area (Å²) in [4.78, 5) is 28.4. The molecule has 1 saturated heterocycles. The summed E-state index contributed by atoms with van der Waals surface area (Å²) in [5.74, 6) is 0. The van der Waals surface area contributed by atoms with Crippen molar-refractivity contribution in [1.82, 2.24) is 9.80 Å². The molecule has 2 fully saturated rings. The van der Waals surface area contributed by atoms with Gasteiger partial charge in [-0.15, -0.1) is 0 Å². The molecule has 2 atom stereocenters. The van der Waals surface area contributed by atoms with Crippen LogP contribution in [0.1, 0.15) is 67.2 Å². The Morgan fingerprint density at radius 1 is 0.783 bits per heavy atom. The van der Waals surface area contributed by atoms with Crippen LogP contribution in [0.15, 0.2) is 0 Å². The normalized spacial score (nSPS) is 25.1. The van der Waals surface area contributed by atoms with Crippen LogP contribution in [-0.2, 0) is 9.47 Å². The molecule has 1 aliphatic carbocycles. The highest BCUT2D eigenvalue weighted by atomic mass is 16.6. The zero-order chi connectivity index (χ0) is 17.4. The van der Waals surface area contributed by atoms with E-state index in [1.165, 1.54) is 0 Å². The molecule has 6 nitrogen and oxygen atoms in total. The number of ether oxygens (including phenoxy) is 2. The number of rotatable bonds is 0. The topological polar surface area (TPSA) is 59.1 Å². The maximum atomic E-state index is 12.5. The van der Waals surface area contributed by atoms with Crippen molar-refractivity contribution >= 4 is 12.2 Å². The molecule has 2 aliphatic rings. The average molecular weight is 326 g/mol. The molecular weight excluding hydrogens is 296 g/mol. The second-order valence-electron chi connectivity index (χ2n) is 8.46. The average Bonchev–Trinajstić information content (AvgIpc) is 2.74. The zero-order valence-corrected chi connectivity index (χ0v) is 15.2. The van der Waals surface area contributed by atoms with Crippen LogP contribution in [0.3, 0.4) is 0 Å². The summed E-state index contributed by atoms with van der Waals surface area (Å²) in [6, 6.07) is 0.0669. The van der Waals surface area contributed by atoms with E-state index in [1.807, 2.05) is 41.5 Å². The summed E-state index contributed by atoms with van der Waals surface area (Å²) in [6.07, 6.45) is 3.26. The van der Waals surface area contributed by atoms with Crippen LogP contribution >= 0.6 is 0 Å². The van der Waals surface area contributed by atoms with E-state index in [0.29, 0.717) is 0 Å². The van der Waals surface area contributed by atoms with Crippen molar-refractivity contribution in [3.05, 3.63) is 0 Å². The number of amides is 2. The minimum absolute atomic E-state index is 0.0334. The molecule has 0 radical (unpaired) electrons. The first kappa shape index (κ1) is 17.9. The van der Waals surface area contributed by atoms with Gasteiger partial charge in [-0.25, -0.2) is 9.59 Å². The number of hydrogen-bond donors (Lipinski definition) is 0. The lowest BCUT2D eigenvalue weighted by molar-refractivity contribution is 0.0137. The Bertz CT molecular complexity index is 422. The van der Waals surface area contributed by atoms with E-state index in [0.717, 1.165) is 25.7 Å². The quantitative estimate of drug-likeness (QED) is 0.680. The van der Waals surface area contributed by atoms with Gasteiger partial charge in [-0.2, -0.15) is 0 Å². The summed E-state index contributed by atoms with van der Waals surface area (Å²) in [5.41, 5.74) is -1.08. The van der Waals surface area contributed by atoms with Crippen molar-refractivity contribution in [2.75, 3.05) is 6.67 Å². The van der Waals surface area contributed by atoms with Crippen LogP contribution < -0.4 is 0 Å². The van der Waals surface area contributed by atoms with Gasteiger partial charge in [0.15, 0.2) is 0 Å². The lowest BCUT2D eigenvalue weighted by Gasteiger charge is -2.33. The van der Waals surface area contributed by atoms with Gasteiger partial charge in [-0.1, -0.05) is 12.8 Å². The molecule has 1 aliphatic heterocycles. The first-order valence-electron chi connectivity index (χ1n) is 8.47. The summed E-state index contributed by atoms with van der Waals surface area (Å²) >= 11 is 0. The summed E-state index contributed by atoms with van der Waals surface area (Å²) in [6.45, 7) is 11.4. The van der Waals surface area contributed by atoms with Gasteiger partial charge < -0.3 is 9.47 Å². The molecule has 2 rings (SSSR count). The van der Waals surface area contributed by atoms with E-state index in [9.17, 15) is 9.59 Å². The van der Waals surface area contributed by atoms with Gasteiger partial charge in [-0.05, 0) is 54.4 Å². The van der Waals surface area contributed by atoms with Crippen LogP contribution in [0.2, 0.25) is 0 Å². The second-order valence-corrected chi connectivity index (χ2v) is 8.46. The molecule has 0 aromatic carbocycles. The fourth-order valence-electron chi connectivity index (χ4n) is 3.22. The van der Waals surface area contributed by atoms with Crippen LogP contribution in [0.25, 0.3) is 0 Å². The molecule has 0 aromatic rings. The number of carbonyl (C=O) groups excluding carboxylic acids is 2. The molecule has 0 N–H and O–H groups in total. The lowest BCUT2D eigenvalue weighted by atomic mass is 9.90. The van der Waals surface area contributed by atoms with E-state index < -0.39 is 11.2 Å². The molecule has 0 unspecified atom stereocenters. The summed E-state index contributed by atoms with van der Waals surface area (Å²) < 4.78 is 11.0. The van der Waals surface area contributed by atoms with Crippen molar-refractivity contribution < 1.29 is 19.1 Å². The third-order valence-electron chi connectivity index (χ3n) is 4.06. The predicted molar refractivity (Wildman–Crippen MR) is 87.1 cm³/mol. The van der Waals surface area contributed by atoms with Crippen molar-refractivity contribution in [2.45, 2.75) is 90.5 Å². The standard InChI is InChI=1S/C17H30N2O4/c1-16(2,3)22-14(20)18-11-19(15(21)23-17(4,5)6)13-10-8-7-9-12(13)18/h12-13H,7-11H2,1-6H3/t12-,13-/m1/s1. The number of hydrogen-bond acceptors (Lipinski definition) is 4. The maximum absolute atomic E-state index is 12.5. The molecule has 6 heteroatoms. The number of fused-ring (bicyclic) bond motifs is 1. The lowest BCUT2D eigenvalue weighted by Crippen LogP contribution is -2.45. The highest BCUT2D eigenvalue weighted by molar-refractivity contribution is 5.73. The highest BCUT2D eigenvalue weighted by Gasteiger charge is 2.47. The fourth-order valence-corrected chi connectivity index (χ4v) is 3.22. The largest absolute Gasteiger partial charge is 0.444 e. The van der Waals surface area contributed by atoms with Crippen molar-refractivity contribution in [2.24, 2.45) is 0 Å². The Morgan fingerprint density at radius 2 is 1.13 bits per heavy atom. The molecule has 23 heavy (non-hydrogen) atoms. The van der Waals surface area contributed by atoms with Gasteiger partial charge in [0.1, 0.15) is 17.9 Å². The molecule has 132 valence electrons. The summed E-state index contributed by atoms with van der Waals surface area (Å²) in [7, 11) is 0. The molecule has 0 spiro atoms. The van der Waals surface area contributed by atoms with Crippen LogP contribution in [0.4, 0.5) is 9.59 Å². The summed E-state index contributed by atoms with van der Waals surface area (Å²) in [5, 5.41) is 0. The van der Waals surface area contributed by atoms with Gasteiger partial charge in [-0.3, -0.25) is 9.80 Å². The highest BCUT2D eigenvalue weighted by Crippen LogP contribution is 2.34. The third-order valence-corrected chi connectivity index (χ3v) is 4.06. The molecule has 1 saturated carbocycles. The minimum atomic E-state index is -0.541. The van der Waals surface area contributed by atoms with Crippen LogP contribution in [0.5, 0.6) is 0 Å². The zero-order valence-electron chi connectivity index (χ0n) is 15.2. The third kappa shape index (κ3) is 4.52. The molecule has 0 aromatic heterocycles. The Hall–Kier alpha value is -1.46. The Kier molecular flexibility index (Phi) is 4.83. The first-order valence-corrected chi connectivity index (χ1v) is 8.47. The Morgan fingerprint density at radius 3 is 1.43 bits per heavy atom. The van der Waals surface area contributed by atoms with Gasteiger partial charge in [0.2, 0.25) is 0 Å². The van der Waals surface area contributed by atoms with Crippen LogP contribution in [0, 0.1) is 0 Å². The van der Waals surface area contributed by atoms with Gasteiger partial charge >= 0.3 is 12.2 Å². The van der Waals surface area contributed by atoms with E-state index in [1.54, 1.807) is 9.80 Å². The maximum Gasteiger partial charge on any atom is 0.412 e. The van der Waals surface area contributed by atoms with Gasteiger partial charge in [0.05, 0.1) is 12.1 Å². The predicted octanol–water partition coefficient (Wildman–Crippen LogP) is 3.74. The Labute approximate surface area is 139 Å². The van der Waals surface area contributed by atoms with Crippen LogP contribution in [-0.4, -0.2) is 51.9 Å². The van der Waals surface area contributed by atoms with E-state index in [2.05, 4.69) is 0 Å². The molecule has 0 bridgehead atoms. The van der Waals surface area contributed by atoms with E-state index in [4.69, 9.17) is 9.47 Å². The fraction of sp³-hybridized carbons (Fsp3) is 0.882. The van der Waals surface area contributed by atoms with E-state index in [-0.39, 0.29) is 30.9 Å². The van der Waals surface area contributed by atoms with E-state index >= 15 is 0 Å². The van der Waals surface area contributed by atoms with Gasteiger partial charge in [0.25, 0.3) is 0 Å². The molecule has 2 amide bonds. The smallest absolute Gasteiger partial charge is 0.412 e. The minimum Gasteiger partial charge on any atom is -0.444 e. The number of carbonyl (C=O) groups is 2.